The topological polar surface area (TPSA) is 20.3 Å². The van der Waals surface area contributed by atoms with Crippen LogP contribution in [0.4, 0.5) is 13.2 Å². The maximum absolute atomic E-state index is 11.5. The largest absolute Gasteiger partial charge is 0.471 e. The summed E-state index contributed by atoms with van der Waals surface area (Å²) in [6.45, 7) is 0.497. The predicted octanol–water partition coefficient (Wildman–Crippen LogP) is 0.781. The van der Waals surface area contributed by atoms with Crippen molar-refractivity contribution in [2.24, 2.45) is 0 Å². The second-order valence-corrected chi connectivity index (χ2v) is 2.14. The number of carbonyl (C=O) groups excluding carboxylic acids is 1. The average Bonchev–Trinajstić information content (AvgIpc) is 1.57. The van der Waals surface area contributed by atoms with Crippen LogP contribution in [0.1, 0.15) is 6.42 Å². The van der Waals surface area contributed by atoms with E-state index in [1.165, 1.54) is 0 Å². The summed E-state index contributed by atoms with van der Waals surface area (Å²) < 4.78 is 34.6. The zero-order valence-corrected chi connectivity index (χ0v) is 5.11. The van der Waals surface area contributed by atoms with Gasteiger partial charge in [0.25, 0.3) is 0 Å². The van der Waals surface area contributed by atoms with Gasteiger partial charge in [-0.25, -0.2) is 0 Å². The van der Waals surface area contributed by atoms with Crippen LogP contribution in [0.5, 0.6) is 0 Å². The fraction of sp³-hybridized carbons (Fsp3) is 0.800. The standard InChI is InChI=1S/C5H6F3NO/c6-5(7,8)4(10)9-2-1-3-9/h1-3H2. The molecule has 2 nitrogen and oxygen atoms in total. The van der Waals surface area contributed by atoms with Gasteiger partial charge in [0.2, 0.25) is 0 Å². The van der Waals surface area contributed by atoms with Crippen molar-refractivity contribution in [2.75, 3.05) is 13.1 Å². The number of carbonyl (C=O) groups is 1. The monoisotopic (exact) mass is 153 g/mol. The highest BCUT2D eigenvalue weighted by Crippen LogP contribution is 2.21. The molecule has 0 radical (unpaired) electrons. The molecule has 1 saturated heterocycles. The number of hydrogen-bond donors (Lipinski definition) is 0. The highest BCUT2D eigenvalue weighted by atomic mass is 19.4. The first-order chi connectivity index (χ1) is 4.52. The molecule has 1 heterocycles. The molecule has 1 aliphatic rings. The van der Waals surface area contributed by atoms with Crippen molar-refractivity contribution in [2.45, 2.75) is 12.6 Å². The summed E-state index contributed by atoms with van der Waals surface area (Å²) in [6.07, 6.45) is -4.00. The molecule has 0 aromatic heterocycles. The van der Waals surface area contributed by atoms with Crippen LogP contribution in [-0.2, 0) is 4.79 Å². The lowest BCUT2D eigenvalue weighted by molar-refractivity contribution is -0.188. The van der Waals surface area contributed by atoms with Crippen LogP contribution in [0.3, 0.4) is 0 Å². The second kappa shape index (κ2) is 2.14. The third-order valence-corrected chi connectivity index (χ3v) is 1.39. The van der Waals surface area contributed by atoms with E-state index in [1.54, 1.807) is 0 Å². The van der Waals surface area contributed by atoms with Crippen molar-refractivity contribution in [3.63, 3.8) is 0 Å². The Labute approximate surface area is 55.6 Å². The quantitative estimate of drug-likeness (QED) is 0.503. The number of alkyl halides is 3. The molecule has 0 atom stereocenters. The summed E-state index contributed by atoms with van der Waals surface area (Å²) in [5.74, 6) is -1.71. The Morgan fingerprint density at radius 1 is 1.30 bits per heavy atom. The van der Waals surface area contributed by atoms with Gasteiger partial charge in [-0.2, -0.15) is 13.2 Å². The molecule has 0 aromatic rings. The van der Waals surface area contributed by atoms with Gasteiger partial charge in [0.1, 0.15) is 0 Å². The molecular formula is C5H6F3NO. The van der Waals surface area contributed by atoms with Crippen molar-refractivity contribution in [1.82, 2.24) is 4.90 Å². The molecule has 5 heteroatoms. The van der Waals surface area contributed by atoms with Crippen LogP contribution in [0.2, 0.25) is 0 Å². The number of halogens is 3. The minimum Gasteiger partial charge on any atom is -0.335 e. The molecule has 1 rings (SSSR count). The summed E-state index contributed by atoms with van der Waals surface area (Å²) >= 11 is 0. The third-order valence-electron chi connectivity index (χ3n) is 1.39. The van der Waals surface area contributed by atoms with Crippen molar-refractivity contribution < 1.29 is 18.0 Å². The van der Waals surface area contributed by atoms with Gasteiger partial charge in [0.15, 0.2) is 0 Å². The van der Waals surface area contributed by atoms with Crippen LogP contribution in [0.25, 0.3) is 0 Å². The van der Waals surface area contributed by atoms with Gasteiger partial charge in [-0.15, -0.1) is 0 Å². The summed E-state index contributed by atoms with van der Waals surface area (Å²) in [5.41, 5.74) is 0. The fourth-order valence-corrected chi connectivity index (χ4v) is 0.699. The van der Waals surface area contributed by atoms with E-state index in [9.17, 15) is 18.0 Å². The fourth-order valence-electron chi connectivity index (χ4n) is 0.699. The van der Waals surface area contributed by atoms with Gasteiger partial charge in [0, 0.05) is 13.1 Å². The van der Waals surface area contributed by atoms with Gasteiger partial charge >= 0.3 is 12.1 Å². The molecule has 0 N–H and O–H groups in total. The van der Waals surface area contributed by atoms with Crippen LogP contribution >= 0.6 is 0 Å². The van der Waals surface area contributed by atoms with E-state index in [-0.39, 0.29) is 13.1 Å². The minimum atomic E-state index is -4.68. The smallest absolute Gasteiger partial charge is 0.335 e. The molecule has 1 fully saturated rings. The maximum atomic E-state index is 11.5. The zero-order valence-electron chi connectivity index (χ0n) is 5.11. The van der Waals surface area contributed by atoms with Gasteiger partial charge in [-0.1, -0.05) is 0 Å². The van der Waals surface area contributed by atoms with Crippen molar-refractivity contribution in [3.05, 3.63) is 0 Å². The molecule has 0 bridgehead atoms. The van der Waals surface area contributed by atoms with E-state index in [1.807, 2.05) is 0 Å². The van der Waals surface area contributed by atoms with Crippen molar-refractivity contribution >= 4 is 5.91 Å². The summed E-state index contributed by atoms with van der Waals surface area (Å²) in [5, 5.41) is 0. The zero-order chi connectivity index (χ0) is 7.78. The molecule has 10 heavy (non-hydrogen) atoms. The Morgan fingerprint density at radius 2 is 1.80 bits per heavy atom. The lowest BCUT2D eigenvalue weighted by Gasteiger charge is -2.31. The number of amides is 1. The first-order valence-corrected chi connectivity index (χ1v) is 2.88. The second-order valence-electron chi connectivity index (χ2n) is 2.14. The lowest BCUT2D eigenvalue weighted by atomic mass is 10.2. The van der Waals surface area contributed by atoms with Crippen LogP contribution < -0.4 is 0 Å². The van der Waals surface area contributed by atoms with Gasteiger partial charge in [-0.05, 0) is 6.42 Å². The molecule has 0 spiro atoms. The number of nitrogens with zero attached hydrogens (tertiary/aromatic N) is 1. The third kappa shape index (κ3) is 1.22. The molecule has 0 unspecified atom stereocenters. The van der Waals surface area contributed by atoms with E-state index in [4.69, 9.17) is 0 Å². The van der Waals surface area contributed by atoms with Gasteiger partial charge < -0.3 is 4.90 Å². The van der Waals surface area contributed by atoms with Crippen LogP contribution in [-0.4, -0.2) is 30.1 Å². The SMILES string of the molecule is O=C(N1CCC1)C(F)(F)F. The number of rotatable bonds is 0. The van der Waals surface area contributed by atoms with E-state index in [2.05, 4.69) is 0 Å². The summed E-state index contributed by atoms with van der Waals surface area (Å²) in [4.78, 5) is 11.0. The molecule has 58 valence electrons. The van der Waals surface area contributed by atoms with E-state index < -0.39 is 12.1 Å². The molecule has 0 saturated carbocycles. The van der Waals surface area contributed by atoms with Crippen LogP contribution in [0.15, 0.2) is 0 Å². The van der Waals surface area contributed by atoms with Crippen molar-refractivity contribution in [1.29, 1.82) is 0 Å². The molecule has 1 aliphatic heterocycles. The van der Waals surface area contributed by atoms with Crippen LogP contribution in [0, 0.1) is 0 Å². The Balaban J connectivity index is 2.48. The molecule has 1 amide bonds. The number of likely N-dealkylation sites (tertiary alicyclic amines) is 1. The minimum absolute atomic E-state index is 0.248. The summed E-state index contributed by atoms with van der Waals surface area (Å²) in [7, 11) is 0. The lowest BCUT2D eigenvalue weighted by Crippen LogP contribution is -2.48. The highest BCUT2D eigenvalue weighted by Gasteiger charge is 2.43. The predicted molar refractivity (Wildman–Crippen MR) is 27.3 cm³/mol. The highest BCUT2D eigenvalue weighted by molar-refractivity contribution is 5.82. The van der Waals surface area contributed by atoms with E-state index >= 15 is 0 Å². The average molecular weight is 153 g/mol. The normalized spacial score (nSPS) is 18.5. The first-order valence-electron chi connectivity index (χ1n) is 2.88. The molecule has 0 aliphatic carbocycles. The summed E-state index contributed by atoms with van der Waals surface area (Å²) in [6, 6.07) is 0. The Hall–Kier alpha value is -0.740. The first kappa shape index (κ1) is 7.37. The Bertz CT molecular complexity index is 149. The van der Waals surface area contributed by atoms with Gasteiger partial charge in [0.05, 0.1) is 0 Å². The molecular weight excluding hydrogens is 147 g/mol. The maximum Gasteiger partial charge on any atom is 0.471 e. The van der Waals surface area contributed by atoms with E-state index in [0.29, 0.717) is 6.42 Å². The molecule has 0 aromatic carbocycles. The van der Waals surface area contributed by atoms with Crippen molar-refractivity contribution in [3.8, 4) is 0 Å². The van der Waals surface area contributed by atoms with E-state index in [0.717, 1.165) is 4.90 Å². The van der Waals surface area contributed by atoms with Gasteiger partial charge in [-0.3, -0.25) is 4.79 Å². The number of hydrogen-bond acceptors (Lipinski definition) is 1. The Kier molecular flexibility index (Phi) is 1.58. The Morgan fingerprint density at radius 3 is 1.90 bits per heavy atom.